The molecule has 8 aliphatic rings. The van der Waals surface area contributed by atoms with Gasteiger partial charge in [0.2, 0.25) is 0 Å². The van der Waals surface area contributed by atoms with Gasteiger partial charge < -0.3 is 19.9 Å². The monoisotopic (exact) mass is 911 g/mol. The molecule has 0 aromatic carbocycles. The third kappa shape index (κ3) is 9.63. The van der Waals surface area contributed by atoms with E-state index in [2.05, 4.69) is 104 Å². The van der Waals surface area contributed by atoms with E-state index in [1.165, 1.54) is 101 Å². The van der Waals surface area contributed by atoms with Crippen molar-refractivity contribution in [3.8, 4) is 0 Å². The van der Waals surface area contributed by atoms with Crippen molar-refractivity contribution in [1.29, 1.82) is 0 Å². The molecule has 8 aliphatic carbocycles. The molecular weight excluding hydrogens is 813 g/mol. The van der Waals surface area contributed by atoms with Crippen molar-refractivity contribution in [2.45, 2.75) is 223 Å². The van der Waals surface area contributed by atoms with Crippen molar-refractivity contribution in [1.82, 2.24) is 0 Å². The van der Waals surface area contributed by atoms with Crippen LogP contribution in [-0.2, 0) is 9.47 Å². The van der Waals surface area contributed by atoms with E-state index < -0.39 is 0 Å². The molecule has 8 rings (SSSR count). The van der Waals surface area contributed by atoms with Gasteiger partial charge in [-0.1, -0.05) is 142 Å². The van der Waals surface area contributed by atoms with E-state index >= 15 is 0 Å². The Kier molecular flexibility index (Phi) is 15.9. The van der Waals surface area contributed by atoms with Gasteiger partial charge in [0.05, 0.1) is 36.8 Å². The molecule has 66 heavy (non-hydrogen) atoms. The summed E-state index contributed by atoms with van der Waals surface area (Å²) in [6, 6.07) is 0. The maximum Gasteiger partial charge on any atom is 0.0833 e. The van der Waals surface area contributed by atoms with Crippen LogP contribution < -0.4 is 0 Å². The topological polar surface area (TPSA) is 83.6 Å². The molecule has 0 bridgehead atoms. The third-order valence-corrected chi connectivity index (χ3v) is 21.9. The molecule has 0 aromatic rings. The van der Waals surface area contributed by atoms with E-state index in [0.717, 1.165) is 110 Å². The highest BCUT2D eigenvalue weighted by molar-refractivity contribution is 6.03. The highest BCUT2D eigenvalue weighted by Crippen LogP contribution is 2.69. The largest absolute Gasteiger partial charge is 0.411 e. The smallest absolute Gasteiger partial charge is 0.0833 e. The minimum absolute atomic E-state index is 0.0774. The fraction of sp³-hybridized carbons (Fsp3) is 0.867. The summed E-state index contributed by atoms with van der Waals surface area (Å²) in [5, 5.41) is 29.1. The van der Waals surface area contributed by atoms with E-state index in [9.17, 15) is 10.4 Å². The molecule has 6 heteroatoms. The van der Waals surface area contributed by atoms with Crippen LogP contribution in [0.4, 0.5) is 0 Å². The second-order valence-corrected chi connectivity index (χ2v) is 26.3. The number of nitrogens with zero attached hydrogens (tertiary/aromatic N) is 2. The molecule has 16 atom stereocenters. The lowest BCUT2D eigenvalue weighted by atomic mass is 9.46. The molecule has 0 radical (unpaired) electrons. The van der Waals surface area contributed by atoms with Crippen LogP contribution in [0.3, 0.4) is 0 Å². The van der Waals surface area contributed by atoms with Crippen LogP contribution in [0.2, 0.25) is 0 Å². The van der Waals surface area contributed by atoms with Gasteiger partial charge in [0, 0.05) is 0 Å². The van der Waals surface area contributed by atoms with Crippen LogP contribution in [-0.4, -0.2) is 47.3 Å². The zero-order chi connectivity index (χ0) is 47.0. The number of hydrogen-bond acceptors (Lipinski definition) is 6. The summed E-state index contributed by atoms with van der Waals surface area (Å²) < 4.78 is 13.1. The minimum atomic E-state index is 0.0774. The molecule has 372 valence electrons. The molecule has 0 saturated heterocycles. The molecule has 6 saturated carbocycles. The van der Waals surface area contributed by atoms with Crippen molar-refractivity contribution in [3.05, 3.63) is 35.5 Å². The molecule has 6 nitrogen and oxygen atoms in total. The Labute approximate surface area is 404 Å². The van der Waals surface area contributed by atoms with E-state index in [0.29, 0.717) is 47.7 Å². The quantitative estimate of drug-likeness (QED) is 0.0621. The number of rotatable bonds is 18. The number of ether oxygens (including phenoxy) is 2. The number of allylic oxidation sites excluding steroid dienone is 2. The molecular formula is C60H98N2O4. The normalized spacial score (nSPS) is 43.0. The Balaban J connectivity index is 0.790. The highest BCUT2D eigenvalue weighted by Gasteiger charge is 2.62. The van der Waals surface area contributed by atoms with Gasteiger partial charge in [0.15, 0.2) is 0 Å². The van der Waals surface area contributed by atoms with Crippen molar-refractivity contribution in [2.75, 3.05) is 13.2 Å². The standard InChI is InChI=1S/C60H98N2O4/c1-39(2)17-15-19-41(5)47-21-23-49-45-37-55(61-63)53-35-43(25-29-59(53,9)51(45)27-31-57(47,49)7)65-33-13-11-12-14-34-66-44-26-30-60(10)52-28-32-58(8)48(42(6)20-16-18-40(3)4)22-24-50(58)46(52)38-56(62-64)54(60)36-44/h11-12,35-36,39-52,63-64H,13-34,37-38H2,1-10H3/b12-11+,61-55-,62-56-/t41-,42-,43+,44+,45+,46+,47-,48-,49+,50+,51+,52+,57-,58-,59-,60-/m1/s1. The van der Waals surface area contributed by atoms with Crippen LogP contribution in [0.1, 0.15) is 210 Å². The highest BCUT2D eigenvalue weighted by atomic mass is 16.5. The summed E-state index contributed by atoms with van der Waals surface area (Å²) in [4.78, 5) is 0. The van der Waals surface area contributed by atoms with Crippen LogP contribution in [0.25, 0.3) is 0 Å². The second-order valence-electron chi connectivity index (χ2n) is 26.3. The lowest BCUT2D eigenvalue weighted by Gasteiger charge is -2.59. The van der Waals surface area contributed by atoms with E-state index in [1.807, 2.05) is 0 Å². The lowest BCUT2D eigenvalue weighted by Crippen LogP contribution is -2.53. The average molecular weight is 911 g/mol. The van der Waals surface area contributed by atoms with Crippen molar-refractivity contribution in [2.24, 2.45) is 103 Å². The first kappa shape index (κ1) is 50.5. The second kappa shape index (κ2) is 20.8. The van der Waals surface area contributed by atoms with Gasteiger partial charge in [-0.3, -0.25) is 0 Å². The van der Waals surface area contributed by atoms with E-state index in [1.54, 1.807) is 0 Å². The van der Waals surface area contributed by atoms with Crippen molar-refractivity contribution in [3.63, 3.8) is 0 Å². The number of hydrogen-bond donors (Lipinski definition) is 2. The summed E-state index contributed by atoms with van der Waals surface area (Å²) in [6.07, 6.45) is 36.4. The van der Waals surface area contributed by atoms with Gasteiger partial charge >= 0.3 is 0 Å². The SMILES string of the molecule is CC(C)CCC[C@@H](C)[C@H]1CC[C@H]2[C@@H]3C/C(=N/O)C4=C[C@@H](OCC/C=C/CCO[C@@H]5C=C6/C(=N\O)C[C@H]7[C@@H]8CC[C@H]([C@H](C)CCCC(C)C)[C@@]8(C)CC[C@@H]7[C@@]6(C)CC5)CC[C@]4(C)[C@H]3CC[C@]12C. The Morgan fingerprint density at radius 2 is 0.955 bits per heavy atom. The van der Waals surface area contributed by atoms with Gasteiger partial charge in [0.25, 0.3) is 0 Å². The molecule has 0 spiro atoms. The fourth-order valence-electron chi connectivity index (χ4n) is 18.4. The zero-order valence-electron chi connectivity index (χ0n) is 44.0. The number of fused-ring (bicyclic) bond motifs is 10. The van der Waals surface area contributed by atoms with Crippen molar-refractivity contribution < 1.29 is 19.9 Å². The fourth-order valence-corrected chi connectivity index (χ4v) is 18.4. The third-order valence-electron chi connectivity index (χ3n) is 21.9. The zero-order valence-corrected chi connectivity index (χ0v) is 44.0. The van der Waals surface area contributed by atoms with Crippen LogP contribution in [0.15, 0.2) is 45.8 Å². The summed E-state index contributed by atoms with van der Waals surface area (Å²) in [5.41, 5.74) is 5.49. The first-order valence-electron chi connectivity index (χ1n) is 28.3. The van der Waals surface area contributed by atoms with Gasteiger partial charge in [0.1, 0.15) is 0 Å². The van der Waals surface area contributed by atoms with Crippen LogP contribution >= 0.6 is 0 Å². The van der Waals surface area contributed by atoms with Crippen LogP contribution in [0.5, 0.6) is 0 Å². The van der Waals surface area contributed by atoms with Crippen LogP contribution in [0, 0.1) is 92.7 Å². The Morgan fingerprint density at radius 1 is 0.545 bits per heavy atom. The minimum Gasteiger partial charge on any atom is -0.411 e. The molecule has 0 aliphatic heterocycles. The summed E-state index contributed by atoms with van der Waals surface area (Å²) >= 11 is 0. The van der Waals surface area contributed by atoms with Gasteiger partial charge in [-0.2, -0.15) is 0 Å². The molecule has 0 heterocycles. The Bertz CT molecular complexity index is 1680. The average Bonchev–Trinajstić information content (AvgIpc) is 3.83. The summed E-state index contributed by atoms with van der Waals surface area (Å²) in [7, 11) is 0. The number of oxime groups is 2. The summed E-state index contributed by atoms with van der Waals surface area (Å²) in [6.45, 7) is 26.3. The maximum atomic E-state index is 10.5. The first-order chi connectivity index (χ1) is 31.6. The molecule has 6 fully saturated rings. The predicted molar refractivity (Wildman–Crippen MR) is 273 cm³/mol. The predicted octanol–water partition coefficient (Wildman–Crippen LogP) is 16.1. The Hall–Kier alpha value is -1.92. The Morgan fingerprint density at radius 3 is 1.33 bits per heavy atom. The van der Waals surface area contributed by atoms with E-state index in [4.69, 9.17) is 9.47 Å². The molecule has 2 N–H and O–H groups in total. The molecule has 0 aromatic heterocycles. The van der Waals surface area contributed by atoms with Gasteiger partial charge in [-0.25, -0.2) is 0 Å². The maximum absolute atomic E-state index is 10.5. The van der Waals surface area contributed by atoms with Crippen molar-refractivity contribution >= 4 is 11.4 Å². The molecule has 0 unspecified atom stereocenters. The lowest BCUT2D eigenvalue weighted by molar-refractivity contribution is -0.0501. The van der Waals surface area contributed by atoms with Gasteiger partial charge in [-0.15, -0.1) is 0 Å². The first-order valence-corrected chi connectivity index (χ1v) is 28.3. The molecule has 0 amide bonds. The van der Waals surface area contributed by atoms with E-state index in [-0.39, 0.29) is 23.0 Å². The summed E-state index contributed by atoms with van der Waals surface area (Å²) in [5.74, 6) is 8.98. The van der Waals surface area contributed by atoms with Gasteiger partial charge in [-0.05, 0) is 207 Å².